The van der Waals surface area contributed by atoms with Crippen LogP contribution in [0.2, 0.25) is 0 Å². The van der Waals surface area contributed by atoms with Gasteiger partial charge in [-0.25, -0.2) is 4.39 Å². The third kappa shape index (κ3) is 3.06. The van der Waals surface area contributed by atoms with E-state index in [4.69, 9.17) is 0 Å². The van der Waals surface area contributed by atoms with Crippen LogP contribution in [0, 0.1) is 11.7 Å². The molecule has 1 aromatic rings. The van der Waals surface area contributed by atoms with Crippen LogP contribution in [0.3, 0.4) is 0 Å². The van der Waals surface area contributed by atoms with Gasteiger partial charge in [-0.3, -0.25) is 4.79 Å². The summed E-state index contributed by atoms with van der Waals surface area (Å²) in [6.07, 6.45) is 3.59. The summed E-state index contributed by atoms with van der Waals surface area (Å²) in [4.78, 5) is 12.2. The molecule has 1 saturated carbocycles. The van der Waals surface area contributed by atoms with Crippen LogP contribution in [0.15, 0.2) is 18.2 Å². The molecule has 0 spiro atoms. The van der Waals surface area contributed by atoms with E-state index < -0.39 is 0 Å². The average molecular weight is 264 g/mol. The minimum Gasteiger partial charge on any atom is -0.382 e. The van der Waals surface area contributed by atoms with Gasteiger partial charge in [-0.1, -0.05) is 12.5 Å². The number of halogens is 1. The van der Waals surface area contributed by atoms with Gasteiger partial charge >= 0.3 is 0 Å². The highest BCUT2D eigenvalue weighted by molar-refractivity contribution is 5.99. The van der Waals surface area contributed by atoms with Crippen molar-refractivity contribution in [2.45, 2.75) is 39.2 Å². The summed E-state index contributed by atoms with van der Waals surface area (Å²) < 4.78 is 13.7. The molecular formula is C15H21FN2O. The molecule has 4 heteroatoms. The SMILES string of the molecule is CCNc1c(F)cccc1C(=O)NC(C)C1CCC1. The molecule has 0 saturated heterocycles. The minimum atomic E-state index is -0.384. The maximum atomic E-state index is 13.7. The molecular weight excluding hydrogens is 243 g/mol. The predicted molar refractivity (Wildman–Crippen MR) is 74.8 cm³/mol. The second-order valence-electron chi connectivity index (χ2n) is 5.15. The van der Waals surface area contributed by atoms with Crippen molar-refractivity contribution < 1.29 is 9.18 Å². The molecule has 1 aromatic carbocycles. The molecule has 2 rings (SSSR count). The van der Waals surface area contributed by atoms with Gasteiger partial charge in [0.25, 0.3) is 5.91 Å². The summed E-state index contributed by atoms with van der Waals surface area (Å²) in [5, 5.41) is 5.90. The molecule has 0 aromatic heterocycles. The highest BCUT2D eigenvalue weighted by Crippen LogP contribution is 2.29. The zero-order valence-electron chi connectivity index (χ0n) is 11.5. The molecule has 0 aliphatic heterocycles. The maximum absolute atomic E-state index is 13.7. The largest absolute Gasteiger partial charge is 0.382 e. The fourth-order valence-corrected chi connectivity index (χ4v) is 2.41. The third-order valence-corrected chi connectivity index (χ3v) is 3.83. The number of amides is 1. The van der Waals surface area contributed by atoms with Crippen molar-refractivity contribution in [1.29, 1.82) is 0 Å². The standard InChI is InChI=1S/C15H21FN2O/c1-3-17-14-12(8-5-9-13(14)16)15(19)18-10(2)11-6-4-7-11/h5,8-11,17H,3-4,6-7H2,1-2H3,(H,18,19). The van der Waals surface area contributed by atoms with Crippen LogP contribution in [-0.4, -0.2) is 18.5 Å². The molecule has 1 fully saturated rings. The first kappa shape index (κ1) is 13.8. The monoisotopic (exact) mass is 264 g/mol. The van der Waals surface area contributed by atoms with Gasteiger partial charge in [-0.2, -0.15) is 0 Å². The van der Waals surface area contributed by atoms with E-state index in [9.17, 15) is 9.18 Å². The van der Waals surface area contributed by atoms with Gasteiger partial charge < -0.3 is 10.6 Å². The topological polar surface area (TPSA) is 41.1 Å². The van der Waals surface area contributed by atoms with Crippen molar-refractivity contribution >= 4 is 11.6 Å². The van der Waals surface area contributed by atoms with E-state index in [-0.39, 0.29) is 17.8 Å². The van der Waals surface area contributed by atoms with Gasteiger partial charge in [0.05, 0.1) is 11.3 Å². The number of rotatable bonds is 5. The number of benzene rings is 1. The van der Waals surface area contributed by atoms with E-state index in [0.717, 1.165) is 0 Å². The number of para-hydroxylation sites is 1. The summed E-state index contributed by atoms with van der Waals surface area (Å²) >= 11 is 0. The highest BCUT2D eigenvalue weighted by Gasteiger charge is 2.26. The predicted octanol–water partition coefficient (Wildman–Crippen LogP) is 3.18. The molecule has 1 aliphatic carbocycles. The number of carbonyl (C=O) groups excluding carboxylic acids is 1. The molecule has 1 amide bonds. The molecule has 104 valence electrons. The lowest BCUT2D eigenvalue weighted by molar-refractivity contribution is 0.0909. The van der Waals surface area contributed by atoms with Crippen molar-refractivity contribution in [3.63, 3.8) is 0 Å². The van der Waals surface area contributed by atoms with E-state index in [1.54, 1.807) is 12.1 Å². The summed E-state index contributed by atoms with van der Waals surface area (Å²) in [6, 6.07) is 4.74. The Balaban J connectivity index is 2.11. The molecule has 19 heavy (non-hydrogen) atoms. The van der Waals surface area contributed by atoms with Gasteiger partial charge in [0.1, 0.15) is 5.82 Å². The Morgan fingerprint density at radius 1 is 1.47 bits per heavy atom. The van der Waals surface area contributed by atoms with Crippen LogP contribution in [0.4, 0.5) is 10.1 Å². The van der Waals surface area contributed by atoms with Crippen LogP contribution < -0.4 is 10.6 Å². The van der Waals surface area contributed by atoms with Gasteiger partial charge in [-0.05, 0) is 44.7 Å². The number of anilines is 1. The third-order valence-electron chi connectivity index (χ3n) is 3.83. The molecule has 0 bridgehead atoms. The zero-order valence-corrected chi connectivity index (χ0v) is 11.5. The molecule has 0 radical (unpaired) electrons. The Morgan fingerprint density at radius 3 is 2.79 bits per heavy atom. The normalized spacial score (nSPS) is 16.6. The Kier molecular flexibility index (Phi) is 4.40. The number of carbonyl (C=O) groups is 1. The summed E-state index contributed by atoms with van der Waals surface area (Å²) in [5.41, 5.74) is 0.677. The summed E-state index contributed by atoms with van der Waals surface area (Å²) in [6.45, 7) is 4.48. The fraction of sp³-hybridized carbons (Fsp3) is 0.533. The van der Waals surface area contributed by atoms with Gasteiger partial charge in [0, 0.05) is 12.6 Å². The Bertz CT molecular complexity index is 457. The zero-order chi connectivity index (χ0) is 13.8. The van der Waals surface area contributed by atoms with Gasteiger partial charge in [0.15, 0.2) is 0 Å². The van der Waals surface area contributed by atoms with Crippen molar-refractivity contribution in [3.8, 4) is 0 Å². The molecule has 0 heterocycles. The Morgan fingerprint density at radius 2 is 2.21 bits per heavy atom. The van der Waals surface area contributed by atoms with E-state index in [1.807, 2.05) is 13.8 Å². The van der Waals surface area contributed by atoms with Crippen molar-refractivity contribution in [3.05, 3.63) is 29.6 Å². The first-order valence-corrected chi connectivity index (χ1v) is 6.96. The van der Waals surface area contributed by atoms with E-state index in [2.05, 4.69) is 10.6 Å². The fourth-order valence-electron chi connectivity index (χ4n) is 2.41. The van der Waals surface area contributed by atoms with E-state index in [0.29, 0.717) is 23.7 Å². The lowest BCUT2D eigenvalue weighted by Gasteiger charge is -2.32. The minimum absolute atomic E-state index is 0.152. The first-order valence-electron chi connectivity index (χ1n) is 6.96. The van der Waals surface area contributed by atoms with Crippen molar-refractivity contribution in [2.24, 2.45) is 5.92 Å². The van der Waals surface area contributed by atoms with Crippen molar-refractivity contribution in [2.75, 3.05) is 11.9 Å². The lowest BCUT2D eigenvalue weighted by atomic mass is 9.80. The quantitative estimate of drug-likeness (QED) is 0.857. The summed E-state index contributed by atoms with van der Waals surface area (Å²) in [5.74, 6) is -0.0132. The molecule has 1 aliphatic rings. The smallest absolute Gasteiger partial charge is 0.253 e. The highest BCUT2D eigenvalue weighted by atomic mass is 19.1. The molecule has 1 unspecified atom stereocenters. The number of hydrogen-bond acceptors (Lipinski definition) is 2. The lowest BCUT2D eigenvalue weighted by Crippen LogP contribution is -2.40. The maximum Gasteiger partial charge on any atom is 0.253 e. The Labute approximate surface area is 113 Å². The van der Waals surface area contributed by atoms with Crippen LogP contribution in [-0.2, 0) is 0 Å². The van der Waals surface area contributed by atoms with Crippen LogP contribution in [0.1, 0.15) is 43.5 Å². The first-order chi connectivity index (χ1) is 9.13. The number of hydrogen-bond donors (Lipinski definition) is 2. The van der Waals surface area contributed by atoms with Gasteiger partial charge in [0.2, 0.25) is 0 Å². The number of nitrogens with one attached hydrogen (secondary N) is 2. The van der Waals surface area contributed by atoms with Crippen LogP contribution in [0.5, 0.6) is 0 Å². The van der Waals surface area contributed by atoms with Gasteiger partial charge in [-0.15, -0.1) is 0 Å². The van der Waals surface area contributed by atoms with E-state index in [1.165, 1.54) is 25.3 Å². The second kappa shape index (κ2) is 6.04. The average Bonchev–Trinajstić information content (AvgIpc) is 2.29. The molecule has 2 N–H and O–H groups in total. The van der Waals surface area contributed by atoms with E-state index >= 15 is 0 Å². The Hall–Kier alpha value is -1.58. The van der Waals surface area contributed by atoms with Crippen LogP contribution in [0.25, 0.3) is 0 Å². The molecule has 1 atom stereocenters. The van der Waals surface area contributed by atoms with Crippen LogP contribution >= 0.6 is 0 Å². The summed E-state index contributed by atoms with van der Waals surface area (Å²) in [7, 11) is 0. The second-order valence-corrected chi connectivity index (χ2v) is 5.15. The molecule has 3 nitrogen and oxygen atoms in total. The van der Waals surface area contributed by atoms with Crippen molar-refractivity contribution in [1.82, 2.24) is 5.32 Å².